The summed E-state index contributed by atoms with van der Waals surface area (Å²) in [6.45, 7) is 0.640. The van der Waals surface area contributed by atoms with Crippen molar-refractivity contribution in [3.8, 4) is 0 Å². The Labute approximate surface area is 123 Å². The summed E-state index contributed by atoms with van der Waals surface area (Å²) < 4.78 is 0. The maximum absolute atomic E-state index is 5.94. The van der Waals surface area contributed by atoms with Gasteiger partial charge in [-0.1, -0.05) is 60.7 Å². The lowest BCUT2D eigenvalue weighted by molar-refractivity contribution is 0.941. The van der Waals surface area contributed by atoms with Gasteiger partial charge in [-0.15, -0.1) is 11.8 Å². The van der Waals surface area contributed by atoms with Crippen LogP contribution in [0.25, 0.3) is 10.8 Å². The van der Waals surface area contributed by atoms with Gasteiger partial charge in [-0.25, -0.2) is 0 Å². The lowest BCUT2D eigenvalue weighted by atomic mass is 10.1. The van der Waals surface area contributed by atoms with Crippen LogP contribution in [0.3, 0.4) is 0 Å². The summed E-state index contributed by atoms with van der Waals surface area (Å²) in [5.41, 5.74) is 7.23. The Morgan fingerprint density at radius 1 is 0.800 bits per heavy atom. The fourth-order valence-electron chi connectivity index (χ4n) is 2.32. The number of thioether (sulfide) groups is 1. The van der Waals surface area contributed by atoms with Gasteiger partial charge in [-0.2, -0.15) is 0 Å². The molecule has 2 heteroatoms. The normalized spacial score (nSPS) is 12.4. The SMILES string of the molecule is NCC(Sc1ccc2ccccc2c1)c1ccccc1. The van der Waals surface area contributed by atoms with Crippen molar-refractivity contribution in [3.05, 3.63) is 78.4 Å². The van der Waals surface area contributed by atoms with Crippen LogP contribution in [0, 0.1) is 0 Å². The van der Waals surface area contributed by atoms with Gasteiger partial charge in [0.1, 0.15) is 0 Å². The van der Waals surface area contributed by atoms with E-state index in [1.807, 2.05) is 17.8 Å². The van der Waals surface area contributed by atoms with E-state index in [4.69, 9.17) is 5.73 Å². The van der Waals surface area contributed by atoms with Crippen molar-refractivity contribution in [2.75, 3.05) is 6.54 Å². The van der Waals surface area contributed by atoms with Gasteiger partial charge in [0.2, 0.25) is 0 Å². The van der Waals surface area contributed by atoms with E-state index in [9.17, 15) is 0 Å². The minimum absolute atomic E-state index is 0.303. The molecule has 0 saturated heterocycles. The molecule has 3 aromatic rings. The Morgan fingerprint density at radius 2 is 1.50 bits per heavy atom. The zero-order valence-electron chi connectivity index (χ0n) is 11.2. The Balaban J connectivity index is 1.87. The Bertz CT molecular complexity index is 694. The van der Waals surface area contributed by atoms with Crippen LogP contribution in [-0.2, 0) is 0 Å². The van der Waals surface area contributed by atoms with Gasteiger partial charge in [0.25, 0.3) is 0 Å². The second kappa shape index (κ2) is 6.12. The van der Waals surface area contributed by atoms with Gasteiger partial charge in [-0.05, 0) is 28.5 Å². The molecule has 20 heavy (non-hydrogen) atoms. The highest BCUT2D eigenvalue weighted by Gasteiger charge is 2.11. The summed E-state index contributed by atoms with van der Waals surface area (Å²) in [6, 6.07) is 25.5. The number of hydrogen-bond donors (Lipinski definition) is 1. The minimum Gasteiger partial charge on any atom is -0.329 e. The van der Waals surface area contributed by atoms with E-state index in [0.29, 0.717) is 11.8 Å². The van der Waals surface area contributed by atoms with Crippen molar-refractivity contribution in [3.63, 3.8) is 0 Å². The van der Waals surface area contributed by atoms with E-state index in [1.54, 1.807) is 0 Å². The van der Waals surface area contributed by atoms with Gasteiger partial charge < -0.3 is 5.73 Å². The molecule has 0 aliphatic rings. The maximum atomic E-state index is 5.94. The first-order valence-corrected chi connectivity index (χ1v) is 7.65. The van der Waals surface area contributed by atoms with Gasteiger partial charge in [-0.3, -0.25) is 0 Å². The molecule has 0 aliphatic carbocycles. The molecule has 0 radical (unpaired) electrons. The molecular weight excluding hydrogens is 262 g/mol. The first-order valence-electron chi connectivity index (χ1n) is 6.77. The molecule has 0 aliphatic heterocycles. The van der Waals surface area contributed by atoms with Gasteiger partial charge in [0.15, 0.2) is 0 Å². The van der Waals surface area contributed by atoms with Crippen molar-refractivity contribution in [2.24, 2.45) is 5.73 Å². The first-order chi connectivity index (χ1) is 9.86. The van der Waals surface area contributed by atoms with Crippen molar-refractivity contribution >= 4 is 22.5 Å². The first kappa shape index (κ1) is 13.2. The summed E-state index contributed by atoms with van der Waals surface area (Å²) in [6.07, 6.45) is 0. The second-order valence-corrected chi connectivity index (χ2v) is 6.04. The zero-order chi connectivity index (χ0) is 13.8. The molecule has 1 atom stereocenters. The predicted octanol–water partition coefficient (Wildman–Crippen LogP) is 4.63. The maximum Gasteiger partial charge on any atom is 0.0466 e. The van der Waals surface area contributed by atoms with E-state index in [2.05, 4.69) is 66.7 Å². The molecule has 3 aromatic carbocycles. The third-order valence-corrected chi connectivity index (χ3v) is 4.66. The molecule has 1 unspecified atom stereocenters. The van der Waals surface area contributed by atoms with Crippen LogP contribution >= 0.6 is 11.8 Å². The Morgan fingerprint density at radius 3 is 2.25 bits per heavy atom. The number of hydrogen-bond acceptors (Lipinski definition) is 2. The number of nitrogens with two attached hydrogens (primary N) is 1. The predicted molar refractivity (Wildman–Crippen MR) is 88.0 cm³/mol. The topological polar surface area (TPSA) is 26.0 Å². The van der Waals surface area contributed by atoms with Gasteiger partial charge >= 0.3 is 0 Å². The molecule has 100 valence electrons. The highest BCUT2D eigenvalue weighted by molar-refractivity contribution is 7.99. The molecule has 2 N–H and O–H groups in total. The third kappa shape index (κ3) is 2.87. The third-order valence-electron chi connectivity index (χ3n) is 3.38. The average Bonchev–Trinajstić information content (AvgIpc) is 2.53. The van der Waals surface area contributed by atoms with E-state index in [1.165, 1.54) is 21.2 Å². The highest BCUT2D eigenvalue weighted by Crippen LogP contribution is 2.35. The van der Waals surface area contributed by atoms with Crippen molar-refractivity contribution in [1.82, 2.24) is 0 Å². The molecule has 0 amide bonds. The van der Waals surface area contributed by atoms with E-state index in [-0.39, 0.29) is 0 Å². The summed E-state index contributed by atoms with van der Waals surface area (Å²) >= 11 is 1.83. The average molecular weight is 279 g/mol. The Kier molecular flexibility index (Phi) is 4.05. The molecule has 0 spiro atoms. The van der Waals surface area contributed by atoms with Crippen LogP contribution in [-0.4, -0.2) is 6.54 Å². The molecule has 0 saturated carbocycles. The number of fused-ring (bicyclic) bond motifs is 1. The molecule has 3 rings (SSSR count). The Hall–Kier alpha value is -1.77. The number of benzene rings is 3. The second-order valence-electron chi connectivity index (χ2n) is 4.76. The highest BCUT2D eigenvalue weighted by atomic mass is 32.2. The van der Waals surface area contributed by atoms with Gasteiger partial charge in [0, 0.05) is 16.7 Å². The van der Waals surface area contributed by atoms with Crippen molar-refractivity contribution < 1.29 is 0 Å². The molecular formula is C18H17NS. The number of rotatable bonds is 4. The van der Waals surface area contributed by atoms with E-state index < -0.39 is 0 Å². The summed E-state index contributed by atoms with van der Waals surface area (Å²) in [5, 5.41) is 2.86. The minimum atomic E-state index is 0.303. The summed E-state index contributed by atoms with van der Waals surface area (Å²) in [5.74, 6) is 0. The van der Waals surface area contributed by atoms with E-state index >= 15 is 0 Å². The van der Waals surface area contributed by atoms with Gasteiger partial charge in [0.05, 0.1) is 0 Å². The standard InChI is InChI=1S/C18H17NS/c19-13-18(15-7-2-1-3-8-15)20-17-11-10-14-6-4-5-9-16(14)12-17/h1-12,18H,13,19H2. The largest absolute Gasteiger partial charge is 0.329 e. The monoisotopic (exact) mass is 279 g/mol. The van der Waals surface area contributed by atoms with Crippen molar-refractivity contribution in [2.45, 2.75) is 10.1 Å². The molecule has 0 bridgehead atoms. The fraction of sp³-hybridized carbons (Fsp3) is 0.111. The lowest BCUT2D eigenvalue weighted by Crippen LogP contribution is -2.09. The summed E-state index contributed by atoms with van der Waals surface area (Å²) in [7, 11) is 0. The van der Waals surface area contributed by atoms with Crippen molar-refractivity contribution in [1.29, 1.82) is 0 Å². The smallest absolute Gasteiger partial charge is 0.0466 e. The molecule has 0 heterocycles. The zero-order valence-corrected chi connectivity index (χ0v) is 12.0. The lowest BCUT2D eigenvalue weighted by Gasteiger charge is -2.15. The van der Waals surface area contributed by atoms with Crippen LogP contribution in [0.4, 0.5) is 0 Å². The quantitative estimate of drug-likeness (QED) is 0.704. The summed E-state index contributed by atoms with van der Waals surface area (Å²) in [4.78, 5) is 1.27. The molecule has 1 nitrogen and oxygen atoms in total. The molecule has 0 aromatic heterocycles. The molecule has 0 fully saturated rings. The van der Waals surface area contributed by atoms with Crippen LogP contribution in [0.1, 0.15) is 10.8 Å². The van der Waals surface area contributed by atoms with Crippen LogP contribution in [0.5, 0.6) is 0 Å². The van der Waals surface area contributed by atoms with Crippen LogP contribution < -0.4 is 5.73 Å². The van der Waals surface area contributed by atoms with Crippen LogP contribution in [0.15, 0.2) is 77.7 Å². The van der Waals surface area contributed by atoms with Crippen LogP contribution in [0.2, 0.25) is 0 Å². The van der Waals surface area contributed by atoms with E-state index in [0.717, 1.165) is 0 Å². The fourth-order valence-corrected chi connectivity index (χ4v) is 3.38.